The van der Waals surface area contributed by atoms with E-state index in [9.17, 15) is 0 Å². The molecule has 1 nitrogen and oxygen atoms in total. The molecule has 9 aromatic rings. The van der Waals surface area contributed by atoms with Crippen molar-refractivity contribution in [3.63, 3.8) is 0 Å². The Morgan fingerprint density at radius 2 is 0.857 bits per heavy atom. The first kappa shape index (κ1) is 44.3. The van der Waals surface area contributed by atoms with Crippen LogP contribution in [0.5, 0.6) is 0 Å². The van der Waals surface area contributed by atoms with Crippen molar-refractivity contribution in [2.45, 2.75) is 108 Å². The molecule has 0 saturated carbocycles. The molecule has 0 saturated heterocycles. The molecule has 0 aromatic heterocycles. The molecule has 3 aliphatic carbocycles. The zero-order valence-electron chi connectivity index (χ0n) is 42.3. The van der Waals surface area contributed by atoms with Crippen molar-refractivity contribution >= 4 is 27.8 Å². The zero-order chi connectivity index (χ0) is 48.2. The Morgan fingerprint density at radius 3 is 1.57 bits per heavy atom. The van der Waals surface area contributed by atoms with Crippen LogP contribution in [0.4, 0.5) is 17.1 Å². The Balaban J connectivity index is 1.21. The lowest BCUT2D eigenvalue weighted by atomic mass is 9.61. The fraction of sp³-hybridized carbons (Fsp3) is 0.246. The van der Waals surface area contributed by atoms with E-state index < -0.39 is 5.41 Å². The smallest absolute Gasteiger partial charge is 0.0714 e. The van der Waals surface area contributed by atoms with E-state index in [4.69, 9.17) is 0 Å². The number of hydrogen-bond donors (Lipinski definition) is 0. The Kier molecular flexibility index (Phi) is 10.1. The van der Waals surface area contributed by atoms with Crippen LogP contribution in [0.3, 0.4) is 0 Å². The molecule has 3 aliphatic rings. The monoisotopic (exact) mass is 908 g/mol. The summed E-state index contributed by atoms with van der Waals surface area (Å²) in [6.45, 7) is 19.7. The highest BCUT2D eigenvalue weighted by Crippen LogP contribution is 2.60. The highest BCUT2D eigenvalue weighted by molar-refractivity contribution is 5.99. The first-order chi connectivity index (χ1) is 33.7. The van der Waals surface area contributed by atoms with Crippen molar-refractivity contribution in [3.8, 4) is 33.4 Å². The maximum atomic E-state index is 2.63. The molecule has 0 radical (unpaired) electrons. The minimum absolute atomic E-state index is 0.0248. The van der Waals surface area contributed by atoms with Crippen molar-refractivity contribution in [1.29, 1.82) is 0 Å². The van der Waals surface area contributed by atoms with Gasteiger partial charge in [0.2, 0.25) is 0 Å². The first-order valence-electron chi connectivity index (χ1n) is 25.8. The van der Waals surface area contributed by atoms with Crippen LogP contribution in [-0.2, 0) is 27.1 Å². The molecule has 1 heteroatoms. The van der Waals surface area contributed by atoms with E-state index in [1.54, 1.807) is 0 Å². The number of benzene rings is 9. The maximum absolute atomic E-state index is 2.63. The quantitative estimate of drug-likeness (QED) is 0.154. The molecule has 0 amide bonds. The van der Waals surface area contributed by atoms with Crippen LogP contribution in [0.25, 0.3) is 44.2 Å². The van der Waals surface area contributed by atoms with Gasteiger partial charge in [-0.2, -0.15) is 0 Å². The zero-order valence-corrected chi connectivity index (χ0v) is 42.3. The number of fused-ring (bicyclic) bond motifs is 6. The second-order valence-corrected chi connectivity index (χ2v) is 23.3. The third kappa shape index (κ3) is 6.79. The fourth-order valence-corrected chi connectivity index (χ4v) is 13.2. The van der Waals surface area contributed by atoms with Gasteiger partial charge in [0.05, 0.1) is 11.1 Å². The maximum Gasteiger partial charge on any atom is 0.0714 e. The van der Waals surface area contributed by atoms with Gasteiger partial charge in [-0.3, -0.25) is 0 Å². The van der Waals surface area contributed by atoms with E-state index in [1.807, 2.05) is 0 Å². The molecule has 0 N–H and O–H groups in total. The molecule has 0 fully saturated rings. The molecule has 0 aliphatic heterocycles. The van der Waals surface area contributed by atoms with Gasteiger partial charge >= 0.3 is 0 Å². The molecule has 70 heavy (non-hydrogen) atoms. The molecule has 0 bridgehead atoms. The summed E-state index contributed by atoms with van der Waals surface area (Å²) in [5, 5.41) is 2.53. The third-order valence-corrected chi connectivity index (χ3v) is 17.3. The molecule has 0 heterocycles. The van der Waals surface area contributed by atoms with Crippen LogP contribution in [0.15, 0.2) is 200 Å². The Hall–Kier alpha value is -6.96. The van der Waals surface area contributed by atoms with Gasteiger partial charge in [-0.05, 0) is 167 Å². The summed E-state index contributed by atoms with van der Waals surface area (Å²) in [7, 11) is 0. The van der Waals surface area contributed by atoms with Gasteiger partial charge in [0.25, 0.3) is 0 Å². The molecule has 0 unspecified atom stereocenters. The van der Waals surface area contributed by atoms with Crippen LogP contribution in [0.2, 0.25) is 0 Å². The van der Waals surface area contributed by atoms with Crippen LogP contribution in [0.1, 0.15) is 126 Å². The summed E-state index contributed by atoms with van der Waals surface area (Å²) in [5.41, 5.74) is 21.8. The van der Waals surface area contributed by atoms with E-state index in [2.05, 4.69) is 260 Å². The highest BCUT2D eigenvalue weighted by atomic mass is 15.1. The van der Waals surface area contributed by atoms with Gasteiger partial charge in [0, 0.05) is 16.9 Å². The summed E-state index contributed by atoms with van der Waals surface area (Å²) >= 11 is 0. The number of rotatable bonds is 7. The summed E-state index contributed by atoms with van der Waals surface area (Å²) in [6, 6.07) is 76.6. The predicted octanol–water partition coefficient (Wildman–Crippen LogP) is 18.7. The predicted molar refractivity (Wildman–Crippen MR) is 297 cm³/mol. The summed E-state index contributed by atoms with van der Waals surface area (Å²) in [5.74, 6) is 0. The molecule has 346 valence electrons. The summed E-state index contributed by atoms with van der Waals surface area (Å²) in [6.07, 6.45) is 4.62. The van der Waals surface area contributed by atoms with Crippen LogP contribution < -0.4 is 4.90 Å². The van der Waals surface area contributed by atoms with Crippen LogP contribution in [0, 0.1) is 0 Å². The average Bonchev–Trinajstić information content (AvgIpc) is 3.67. The average molecular weight is 908 g/mol. The van der Waals surface area contributed by atoms with Crippen molar-refractivity contribution in [2.75, 3.05) is 4.90 Å². The van der Waals surface area contributed by atoms with Gasteiger partial charge < -0.3 is 4.90 Å². The van der Waals surface area contributed by atoms with Crippen molar-refractivity contribution in [2.24, 2.45) is 0 Å². The van der Waals surface area contributed by atoms with Crippen molar-refractivity contribution < 1.29 is 0 Å². The van der Waals surface area contributed by atoms with Gasteiger partial charge in [-0.15, -0.1) is 0 Å². The topological polar surface area (TPSA) is 3.24 Å². The first-order valence-corrected chi connectivity index (χ1v) is 25.8. The second-order valence-electron chi connectivity index (χ2n) is 23.3. The van der Waals surface area contributed by atoms with E-state index in [1.165, 1.54) is 106 Å². The molecular weight excluding hydrogens is 843 g/mol. The molecule has 0 atom stereocenters. The SMILES string of the molecule is CC1(C)CCC(C)(C)c2cc(N(c3ccc(-c4cccc5ccccc45)cc3)c3cc4c(cc3-c3cccc5c3C(C)(C)CCC5(C)C)-c3ccccc3C4(c3ccccc3)c3ccccc3)ccc21. The number of nitrogens with zero attached hydrogens (tertiary/aromatic N) is 1. The molecule has 9 aromatic carbocycles. The number of anilines is 3. The fourth-order valence-electron chi connectivity index (χ4n) is 13.2. The lowest BCUT2D eigenvalue weighted by Gasteiger charge is -2.44. The van der Waals surface area contributed by atoms with Gasteiger partial charge in [-0.1, -0.05) is 219 Å². The van der Waals surface area contributed by atoms with E-state index in [0.29, 0.717) is 0 Å². The van der Waals surface area contributed by atoms with Gasteiger partial charge in [-0.25, -0.2) is 0 Å². The van der Waals surface area contributed by atoms with Gasteiger partial charge in [0.1, 0.15) is 0 Å². The third-order valence-electron chi connectivity index (χ3n) is 17.3. The Bertz CT molecular complexity index is 3430. The van der Waals surface area contributed by atoms with Crippen LogP contribution in [-0.4, -0.2) is 0 Å². The van der Waals surface area contributed by atoms with Crippen molar-refractivity contribution in [3.05, 3.63) is 245 Å². The summed E-state index contributed by atoms with van der Waals surface area (Å²) in [4.78, 5) is 2.63. The Morgan fingerprint density at radius 1 is 0.329 bits per heavy atom. The number of hydrogen-bond acceptors (Lipinski definition) is 1. The minimum atomic E-state index is -0.565. The lowest BCUT2D eigenvalue weighted by molar-refractivity contribution is 0.332. The van der Waals surface area contributed by atoms with Gasteiger partial charge in [0.15, 0.2) is 0 Å². The lowest BCUT2D eigenvalue weighted by Crippen LogP contribution is -2.34. The highest BCUT2D eigenvalue weighted by Gasteiger charge is 2.48. The largest absolute Gasteiger partial charge is 0.310 e. The standard InChI is InChI=1S/C69H65N/c1-65(2)39-40-67(5,6)62-43-51(37-38-59(62)65)70(50-35-33-47(34-36-50)53-29-19-22-46-21-15-16-27-52(46)53)63-45-61-56(44-57(63)55-30-20-32-60-64(55)68(7,8)42-41-66(60,3)4)54-28-17-18-31-58(54)69(61,48-23-11-9-12-24-48)49-25-13-10-14-26-49/h9-38,43-45H,39-42H2,1-8H3. The minimum Gasteiger partial charge on any atom is -0.310 e. The van der Waals surface area contributed by atoms with Crippen molar-refractivity contribution in [1.82, 2.24) is 0 Å². The normalized spacial score (nSPS) is 17.5. The van der Waals surface area contributed by atoms with E-state index in [-0.39, 0.29) is 21.7 Å². The van der Waals surface area contributed by atoms with Crippen LogP contribution >= 0.6 is 0 Å². The molecule has 0 spiro atoms. The molecular formula is C69H65N. The second kappa shape index (κ2) is 16.0. The van der Waals surface area contributed by atoms with E-state index >= 15 is 0 Å². The van der Waals surface area contributed by atoms with E-state index in [0.717, 1.165) is 24.9 Å². The summed E-state index contributed by atoms with van der Waals surface area (Å²) < 4.78 is 0. The molecule has 12 rings (SSSR count). The Labute approximate surface area is 416 Å².